The van der Waals surface area contributed by atoms with Crippen molar-refractivity contribution in [2.24, 2.45) is 11.3 Å². The van der Waals surface area contributed by atoms with Gasteiger partial charge in [-0.1, -0.05) is 11.6 Å². The Labute approximate surface area is 178 Å². The zero-order chi connectivity index (χ0) is 20.1. The second-order valence-electron chi connectivity index (χ2n) is 9.57. The number of halogens is 1. The Balaban J connectivity index is 1.27. The number of benzene rings is 1. The molecule has 5 nitrogen and oxygen atoms in total. The van der Waals surface area contributed by atoms with Gasteiger partial charge in [-0.15, -0.1) is 0 Å². The average Bonchev–Trinajstić information content (AvgIpc) is 3.22. The predicted molar refractivity (Wildman–Crippen MR) is 113 cm³/mol. The van der Waals surface area contributed by atoms with Gasteiger partial charge in [-0.25, -0.2) is 4.98 Å². The van der Waals surface area contributed by atoms with Gasteiger partial charge in [0.05, 0.1) is 19.0 Å². The van der Waals surface area contributed by atoms with Gasteiger partial charge in [0.1, 0.15) is 11.4 Å². The van der Waals surface area contributed by atoms with Gasteiger partial charge in [-0.3, -0.25) is 0 Å². The summed E-state index contributed by atoms with van der Waals surface area (Å²) in [5.74, 6) is 1.27. The molecular weight excluding hydrogens is 386 g/mol. The highest BCUT2D eigenvalue weighted by atomic mass is 35.5. The number of nitrogens with zero attached hydrogens (tertiary/aromatic N) is 3. The number of rotatable bonds is 3. The van der Waals surface area contributed by atoms with E-state index in [1.165, 1.54) is 12.8 Å². The Morgan fingerprint density at radius 2 is 2.03 bits per heavy atom. The van der Waals surface area contributed by atoms with Crippen molar-refractivity contribution < 1.29 is 9.47 Å². The third-order valence-corrected chi connectivity index (χ3v) is 7.52. The van der Waals surface area contributed by atoms with Crippen molar-refractivity contribution in [3.05, 3.63) is 47.5 Å². The standard InChI is InChI=1S/C23H30ClN3O2/c1-22(2)19-14-23(5-8-26(9-6-23)11-12-27-10-7-25-16-27)15-28-21(19)18-13-17(24)3-4-20(18)29-22/h3-4,7,10,13,16,19,21H,5-6,8-9,11-12,14-15H2,1-2H3. The van der Waals surface area contributed by atoms with Gasteiger partial charge in [-0.2, -0.15) is 0 Å². The second kappa shape index (κ2) is 7.29. The van der Waals surface area contributed by atoms with Crippen LogP contribution in [0.25, 0.3) is 0 Å². The van der Waals surface area contributed by atoms with Crippen molar-refractivity contribution in [3.63, 3.8) is 0 Å². The van der Waals surface area contributed by atoms with E-state index in [-0.39, 0.29) is 17.1 Å². The number of hydrogen-bond donors (Lipinski definition) is 0. The third kappa shape index (κ3) is 3.69. The average molecular weight is 416 g/mol. The molecule has 6 heteroatoms. The quantitative estimate of drug-likeness (QED) is 0.736. The Hall–Kier alpha value is -1.56. The molecule has 29 heavy (non-hydrogen) atoms. The number of hydrogen-bond acceptors (Lipinski definition) is 4. The fraction of sp³-hybridized carbons (Fsp3) is 0.609. The normalized spacial score (nSPS) is 27.8. The molecule has 2 unspecified atom stereocenters. The second-order valence-corrected chi connectivity index (χ2v) is 10.0. The predicted octanol–water partition coefficient (Wildman–Crippen LogP) is 4.57. The minimum Gasteiger partial charge on any atom is -0.487 e. The third-order valence-electron chi connectivity index (χ3n) is 7.28. The van der Waals surface area contributed by atoms with E-state index in [2.05, 4.69) is 28.3 Å². The van der Waals surface area contributed by atoms with Crippen LogP contribution < -0.4 is 4.74 Å². The van der Waals surface area contributed by atoms with E-state index in [1.807, 2.05) is 36.9 Å². The Bertz CT molecular complexity index is 859. The molecule has 0 saturated carbocycles. The van der Waals surface area contributed by atoms with Crippen molar-refractivity contribution in [3.8, 4) is 5.75 Å². The summed E-state index contributed by atoms with van der Waals surface area (Å²) in [5, 5.41) is 0.751. The molecule has 2 aromatic rings. The van der Waals surface area contributed by atoms with Crippen molar-refractivity contribution in [2.75, 3.05) is 26.2 Å². The van der Waals surface area contributed by atoms with Crippen molar-refractivity contribution in [2.45, 2.75) is 51.4 Å². The summed E-state index contributed by atoms with van der Waals surface area (Å²) in [4.78, 5) is 6.71. The lowest BCUT2D eigenvalue weighted by molar-refractivity contribution is -0.174. The SMILES string of the molecule is CC1(C)Oc2ccc(Cl)cc2C2OCC3(CCN(CCn4ccnc4)CC3)CC21. The summed E-state index contributed by atoms with van der Waals surface area (Å²) in [6.45, 7) is 9.63. The van der Waals surface area contributed by atoms with E-state index in [9.17, 15) is 0 Å². The van der Waals surface area contributed by atoms with Crippen LogP contribution in [0.1, 0.15) is 44.8 Å². The van der Waals surface area contributed by atoms with Crippen molar-refractivity contribution in [1.29, 1.82) is 0 Å². The van der Waals surface area contributed by atoms with Crippen LogP contribution in [0, 0.1) is 11.3 Å². The highest BCUT2D eigenvalue weighted by Crippen LogP contribution is 2.55. The van der Waals surface area contributed by atoms with Gasteiger partial charge < -0.3 is 18.9 Å². The molecular formula is C23H30ClN3O2. The topological polar surface area (TPSA) is 39.5 Å². The van der Waals surface area contributed by atoms with Crippen LogP contribution in [0.3, 0.4) is 0 Å². The van der Waals surface area contributed by atoms with Gasteiger partial charge in [-0.05, 0) is 69.8 Å². The van der Waals surface area contributed by atoms with E-state index in [4.69, 9.17) is 21.1 Å². The molecule has 1 aromatic carbocycles. The van der Waals surface area contributed by atoms with Crippen LogP contribution in [0.2, 0.25) is 5.02 Å². The van der Waals surface area contributed by atoms with Gasteiger partial charge in [0.25, 0.3) is 0 Å². The van der Waals surface area contributed by atoms with Crippen LogP contribution >= 0.6 is 11.6 Å². The summed E-state index contributed by atoms with van der Waals surface area (Å²) in [5.41, 5.74) is 1.15. The van der Waals surface area contributed by atoms with Crippen LogP contribution in [0.5, 0.6) is 5.75 Å². The maximum Gasteiger partial charge on any atom is 0.126 e. The fourth-order valence-electron chi connectivity index (χ4n) is 5.40. The highest BCUT2D eigenvalue weighted by molar-refractivity contribution is 6.30. The maximum absolute atomic E-state index is 6.58. The molecule has 3 aliphatic rings. The summed E-state index contributed by atoms with van der Waals surface area (Å²) in [7, 11) is 0. The first-order valence-corrected chi connectivity index (χ1v) is 11.1. The molecule has 4 heterocycles. The minimum absolute atomic E-state index is 0.0809. The molecule has 0 bridgehead atoms. The molecule has 2 saturated heterocycles. The number of fused-ring (bicyclic) bond motifs is 3. The largest absolute Gasteiger partial charge is 0.487 e. The van der Waals surface area contributed by atoms with Crippen molar-refractivity contribution in [1.82, 2.24) is 14.5 Å². The molecule has 0 aliphatic carbocycles. The van der Waals surface area contributed by atoms with Gasteiger partial charge in [0, 0.05) is 42.0 Å². The number of imidazole rings is 1. The van der Waals surface area contributed by atoms with E-state index >= 15 is 0 Å². The van der Waals surface area contributed by atoms with Crippen LogP contribution in [0.15, 0.2) is 36.9 Å². The van der Waals surface area contributed by atoms with E-state index in [0.717, 1.165) is 55.5 Å². The number of ether oxygens (including phenoxy) is 2. The number of piperidine rings is 1. The summed E-state index contributed by atoms with van der Waals surface area (Å²) in [6.07, 6.45) is 9.41. The number of likely N-dealkylation sites (tertiary alicyclic amines) is 1. The van der Waals surface area contributed by atoms with E-state index in [0.29, 0.717) is 5.92 Å². The molecule has 1 aromatic heterocycles. The maximum atomic E-state index is 6.58. The first-order valence-electron chi connectivity index (χ1n) is 10.7. The zero-order valence-electron chi connectivity index (χ0n) is 17.3. The molecule has 0 N–H and O–H groups in total. The highest BCUT2D eigenvalue weighted by Gasteiger charge is 2.52. The lowest BCUT2D eigenvalue weighted by atomic mass is 9.64. The molecule has 3 aliphatic heterocycles. The lowest BCUT2D eigenvalue weighted by Gasteiger charge is -2.54. The fourth-order valence-corrected chi connectivity index (χ4v) is 5.58. The molecule has 1 spiro atoms. The Morgan fingerprint density at radius 1 is 1.21 bits per heavy atom. The number of aromatic nitrogens is 2. The van der Waals surface area contributed by atoms with E-state index < -0.39 is 0 Å². The van der Waals surface area contributed by atoms with Crippen LogP contribution in [0.4, 0.5) is 0 Å². The summed E-state index contributed by atoms with van der Waals surface area (Å²) in [6, 6.07) is 5.92. The monoisotopic (exact) mass is 415 g/mol. The Morgan fingerprint density at radius 3 is 2.79 bits per heavy atom. The Kier molecular flexibility index (Phi) is 4.88. The first kappa shape index (κ1) is 19.4. The first-order chi connectivity index (χ1) is 13.9. The smallest absolute Gasteiger partial charge is 0.126 e. The summed E-state index contributed by atoms with van der Waals surface area (Å²) >= 11 is 6.28. The molecule has 2 atom stereocenters. The van der Waals surface area contributed by atoms with E-state index in [1.54, 1.807) is 0 Å². The van der Waals surface area contributed by atoms with Gasteiger partial charge in [0.2, 0.25) is 0 Å². The van der Waals surface area contributed by atoms with Crippen molar-refractivity contribution >= 4 is 11.6 Å². The molecule has 5 rings (SSSR count). The minimum atomic E-state index is -0.239. The van der Waals surface area contributed by atoms with Gasteiger partial charge in [0.15, 0.2) is 0 Å². The zero-order valence-corrected chi connectivity index (χ0v) is 18.1. The van der Waals surface area contributed by atoms with Crippen LogP contribution in [-0.2, 0) is 11.3 Å². The molecule has 0 amide bonds. The lowest BCUT2D eigenvalue weighted by Crippen LogP contribution is -2.54. The van der Waals surface area contributed by atoms with Crippen LogP contribution in [-0.4, -0.2) is 46.3 Å². The summed E-state index contributed by atoms with van der Waals surface area (Å²) < 4.78 is 15.2. The molecule has 156 valence electrons. The molecule has 2 fully saturated rings. The molecule has 0 radical (unpaired) electrons. The van der Waals surface area contributed by atoms with Gasteiger partial charge >= 0.3 is 0 Å².